The van der Waals surface area contributed by atoms with Crippen molar-refractivity contribution in [3.63, 3.8) is 0 Å². The minimum absolute atomic E-state index is 0.0917. The number of aromatic nitrogens is 4. The zero-order chi connectivity index (χ0) is 21.7. The molecule has 2 aliphatic rings. The van der Waals surface area contributed by atoms with E-state index in [2.05, 4.69) is 27.2 Å². The molecule has 2 bridgehead atoms. The predicted octanol–water partition coefficient (Wildman–Crippen LogP) is 3.49. The first-order chi connectivity index (χ1) is 14.9. The van der Waals surface area contributed by atoms with Gasteiger partial charge in [0.05, 0.1) is 23.1 Å². The number of benzene rings is 1. The maximum atomic E-state index is 9.76. The topological polar surface area (TPSA) is 112 Å². The van der Waals surface area contributed by atoms with Crippen LogP contribution in [0.15, 0.2) is 24.4 Å². The van der Waals surface area contributed by atoms with Crippen LogP contribution < -0.4 is 15.2 Å². The third kappa shape index (κ3) is 3.26. The molecule has 3 aromatic rings. The van der Waals surface area contributed by atoms with Crippen molar-refractivity contribution in [2.75, 3.05) is 5.73 Å². The van der Waals surface area contributed by atoms with E-state index in [-0.39, 0.29) is 23.9 Å². The largest absolute Gasteiger partial charge is 0.490 e. The van der Waals surface area contributed by atoms with Crippen molar-refractivity contribution in [3.05, 3.63) is 46.9 Å². The van der Waals surface area contributed by atoms with Crippen molar-refractivity contribution in [2.45, 2.75) is 45.3 Å². The highest BCUT2D eigenvalue weighted by Crippen LogP contribution is 2.40. The minimum Gasteiger partial charge on any atom is -0.490 e. The highest BCUT2D eigenvalue weighted by molar-refractivity contribution is 5.69. The number of nitrogen functional groups attached to an aromatic ring is 1. The molecular weight excluding hydrogens is 392 g/mol. The van der Waals surface area contributed by atoms with Crippen LogP contribution >= 0.6 is 0 Å². The van der Waals surface area contributed by atoms with Crippen molar-refractivity contribution in [1.29, 1.82) is 5.26 Å². The maximum Gasteiger partial charge on any atom is 0.258 e. The van der Waals surface area contributed by atoms with E-state index in [1.54, 1.807) is 17.9 Å². The van der Waals surface area contributed by atoms with Gasteiger partial charge < -0.3 is 15.2 Å². The Hall–Kier alpha value is -3.60. The van der Waals surface area contributed by atoms with E-state index in [9.17, 15) is 5.26 Å². The number of rotatable bonds is 0. The van der Waals surface area contributed by atoms with E-state index in [4.69, 9.17) is 15.2 Å². The summed E-state index contributed by atoms with van der Waals surface area (Å²) < 4.78 is 14.2. The van der Waals surface area contributed by atoms with Crippen molar-refractivity contribution < 1.29 is 9.47 Å². The summed E-state index contributed by atoms with van der Waals surface area (Å²) in [5.74, 6) is 1.56. The lowest BCUT2D eigenvalue weighted by molar-refractivity contribution is 0.0436. The Morgan fingerprint density at radius 1 is 1.26 bits per heavy atom. The summed E-state index contributed by atoms with van der Waals surface area (Å²) in [4.78, 5) is 8.96. The quantitative estimate of drug-likeness (QED) is 0.597. The molecule has 1 aliphatic carbocycles. The maximum absolute atomic E-state index is 9.76. The van der Waals surface area contributed by atoms with Crippen LogP contribution in [0.25, 0.3) is 11.3 Å². The molecule has 0 spiro atoms. The normalized spacial score (nSPS) is 21.9. The molecule has 0 amide bonds. The van der Waals surface area contributed by atoms with Gasteiger partial charge in [-0.2, -0.15) is 10.4 Å². The number of hydrogen-bond acceptors (Lipinski definition) is 7. The van der Waals surface area contributed by atoms with Crippen molar-refractivity contribution in [2.24, 2.45) is 13.0 Å². The van der Waals surface area contributed by atoms with Gasteiger partial charge in [-0.1, -0.05) is 11.6 Å². The first kappa shape index (κ1) is 19.4. The van der Waals surface area contributed by atoms with E-state index in [1.807, 2.05) is 26.0 Å². The van der Waals surface area contributed by atoms with Gasteiger partial charge in [0, 0.05) is 18.5 Å². The number of aryl methyl sites for hydroxylation is 2. The van der Waals surface area contributed by atoms with Crippen LogP contribution in [0.2, 0.25) is 0 Å². The molecule has 8 heteroatoms. The fraction of sp³-hybridized carbons (Fsp3) is 0.391. The van der Waals surface area contributed by atoms with Crippen LogP contribution in [0.5, 0.6) is 11.6 Å². The third-order valence-electron chi connectivity index (χ3n) is 6.22. The number of anilines is 1. The summed E-state index contributed by atoms with van der Waals surface area (Å²) in [7, 11) is 1.77. The SMILES string of the molecule is Cc1ccc2c(c1)[C@@H](C)Oc1nc(cnc1N)-c1c(nn(C)c1C#N)CC1CCC1O2. The second-order valence-electron chi connectivity index (χ2n) is 8.35. The average molecular weight is 416 g/mol. The first-order valence-corrected chi connectivity index (χ1v) is 10.5. The molecule has 3 atom stereocenters. The number of nitrogens with zero attached hydrogens (tertiary/aromatic N) is 5. The average Bonchev–Trinajstić information content (AvgIpc) is 3.06. The lowest BCUT2D eigenvalue weighted by atomic mass is 9.78. The predicted molar refractivity (Wildman–Crippen MR) is 114 cm³/mol. The summed E-state index contributed by atoms with van der Waals surface area (Å²) in [6.07, 6.45) is 4.07. The molecule has 31 heavy (non-hydrogen) atoms. The van der Waals surface area contributed by atoms with Crippen molar-refractivity contribution >= 4 is 5.82 Å². The lowest BCUT2D eigenvalue weighted by Gasteiger charge is -2.37. The summed E-state index contributed by atoms with van der Waals surface area (Å²) in [5, 5.41) is 14.4. The fourth-order valence-corrected chi connectivity index (χ4v) is 4.37. The molecule has 1 aliphatic heterocycles. The summed E-state index contributed by atoms with van der Waals surface area (Å²) in [6.45, 7) is 3.99. The zero-order valence-corrected chi connectivity index (χ0v) is 17.8. The van der Waals surface area contributed by atoms with Crippen molar-refractivity contribution in [1.82, 2.24) is 19.7 Å². The molecule has 1 fully saturated rings. The Morgan fingerprint density at radius 3 is 2.84 bits per heavy atom. The molecule has 8 nitrogen and oxygen atoms in total. The Balaban J connectivity index is 1.69. The molecule has 3 heterocycles. The van der Waals surface area contributed by atoms with E-state index in [0.29, 0.717) is 29.3 Å². The number of hydrogen-bond donors (Lipinski definition) is 1. The van der Waals surface area contributed by atoms with Gasteiger partial charge >= 0.3 is 0 Å². The molecule has 1 aromatic carbocycles. The number of nitriles is 1. The Kier molecular flexibility index (Phi) is 4.54. The lowest BCUT2D eigenvalue weighted by Crippen LogP contribution is -2.38. The van der Waals surface area contributed by atoms with Gasteiger partial charge in [-0.25, -0.2) is 9.97 Å². The Labute approximate surface area is 180 Å². The van der Waals surface area contributed by atoms with Crippen LogP contribution in [-0.4, -0.2) is 25.9 Å². The van der Waals surface area contributed by atoms with Gasteiger partial charge in [-0.05, 0) is 45.2 Å². The van der Waals surface area contributed by atoms with Gasteiger partial charge in [-0.3, -0.25) is 4.68 Å². The molecule has 0 radical (unpaired) electrons. The Bertz CT molecular complexity index is 1210. The molecular formula is C23H24N6O2. The second kappa shape index (κ2) is 7.27. The number of ether oxygens (including phenoxy) is 2. The fourth-order valence-electron chi connectivity index (χ4n) is 4.37. The van der Waals surface area contributed by atoms with Gasteiger partial charge in [0.25, 0.3) is 5.88 Å². The molecule has 2 unspecified atom stereocenters. The van der Waals surface area contributed by atoms with E-state index < -0.39 is 0 Å². The minimum atomic E-state index is -0.343. The number of fused-ring (bicyclic) bond motifs is 6. The number of nitrogens with two attached hydrogens (primary N) is 1. The van der Waals surface area contributed by atoms with Crippen LogP contribution in [0.4, 0.5) is 5.82 Å². The van der Waals surface area contributed by atoms with Gasteiger partial charge in [0.2, 0.25) is 0 Å². The summed E-state index contributed by atoms with van der Waals surface area (Å²) in [5.41, 5.74) is 10.7. The third-order valence-corrected chi connectivity index (χ3v) is 6.22. The Morgan fingerprint density at radius 2 is 2.10 bits per heavy atom. The van der Waals surface area contributed by atoms with Gasteiger partial charge in [-0.15, -0.1) is 0 Å². The van der Waals surface area contributed by atoms with E-state index >= 15 is 0 Å². The summed E-state index contributed by atoms with van der Waals surface area (Å²) >= 11 is 0. The highest BCUT2D eigenvalue weighted by Gasteiger charge is 2.36. The van der Waals surface area contributed by atoms with Crippen LogP contribution in [0, 0.1) is 24.2 Å². The standard InChI is InChI=1S/C23H24N6O2/c1-12-4-6-20-15(8-12)13(2)30-23-22(25)26-11-17(27-23)21-16(28-29(3)18(21)10-24)9-14-5-7-19(14)31-20/h4,6,8,11,13-14,19H,5,7,9H2,1-3H3,(H2,25,26)/t13-,14?,19?/m1/s1. The van der Waals surface area contributed by atoms with Crippen LogP contribution in [-0.2, 0) is 13.5 Å². The summed E-state index contributed by atoms with van der Waals surface area (Å²) in [6, 6.07) is 8.38. The zero-order valence-electron chi connectivity index (χ0n) is 17.8. The highest BCUT2D eigenvalue weighted by atomic mass is 16.5. The van der Waals surface area contributed by atoms with Crippen LogP contribution in [0.1, 0.15) is 48.4 Å². The molecule has 158 valence electrons. The van der Waals surface area contributed by atoms with Crippen LogP contribution in [0.3, 0.4) is 0 Å². The van der Waals surface area contributed by atoms with E-state index in [1.165, 1.54) is 0 Å². The van der Waals surface area contributed by atoms with Gasteiger partial charge in [0.1, 0.15) is 29.7 Å². The monoisotopic (exact) mass is 416 g/mol. The first-order valence-electron chi connectivity index (χ1n) is 10.5. The van der Waals surface area contributed by atoms with E-state index in [0.717, 1.165) is 35.4 Å². The molecule has 0 saturated heterocycles. The van der Waals surface area contributed by atoms with Gasteiger partial charge in [0.15, 0.2) is 5.82 Å². The molecule has 2 N–H and O–H groups in total. The van der Waals surface area contributed by atoms with Crippen molar-refractivity contribution in [3.8, 4) is 29.0 Å². The molecule has 2 aromatic heterocycles. The smallest absolute Gasteiger partial charge is 0.258 e. The second-order valence-corrected chi connectivity index (χ2v) is 8.35. The molecule has 5 rings (SSSR count). The molecule has 1 saturated carbocycles.